The van der Waals surface area contributed by atoms with Crippen molar-refractivity contribution in [3.8, 4) is 11.5 Å². The van der Waals surface area contributed by atoms with Crippen molar-refractivity contribution in [2.45, 2.75) is 19.6 Å². The van der Waals surface area contributed by atoms with E-state index in [4.69, 9.17) is 9.47 Å². The second kappa shape index (κ2) is 8.89. The van der Waals surface area contributed by atoms with E-state index in [0.717, 1.165) is 11.3 Å². The predicted octanol–water partition coefficient (Wildman–Crippen LogP) is 2.48. The van der Waals surface area contributed by atoms with Gasteiger partial charge in [0.05, 0.1) is 7.11 Å². The molecule has 2 aromatic rings. The second-order valence-electron chi connectivity index (χ2n) is 6.05. The van der Waals surface area contributed by atoms with Crippen LogP contribution in [0.3, 0.4) is 0 Å². The van der Waals surface area contributed by atoms with Gasteiger partial charge in [0.25, 0.3) is 11.8 Å². The first-order valence-corrected chi connectivity index (χ1v) is 8.29. The fraction of sp³-hybridized carbons (Fsp3) is 0.300. The molecule has 26 heavy (non-hydrogen) atoms. The Morgan fingerprint density at radius 2 is 1.58 bits per heavy atom. The Hall–Kier alpha value is -3.02. The lowest BCUT2D eigenvalue weighted by atomic mass is 10.1. The minimum atomic E-state index is -0.627. The van der Waals surface area contributed by atoms with E-state index in [1.54, 1.807) is 64.5 Å². The van der Waals surface area contributed by atoms with Crippen LogP contribution in [0.1, 0.15) is 22.8 Å². The first-order chi connectivity index (χ1) is 12.4. The van der Waals surface area contributed by atoms with Gasteiger partial charge in [-0.25, -0.2) is 0 Å². The Kier molecular flexibility index (Phi) is 6.60. The van der Waals surface area contributed by atoms with Crippen molar-refractivity contribution in [2.24, 2.45) is 0 Å². The first-order valence-electron chi connectivity index (χ1n) is 8.29. The topological polar surface area (TPSA) is 67.9 Å². The van der Waals surface area contributed by atoms with Gasteiger partial charge in [-0.1, -0.05) is 12.1 Å². The number of amides is 2. The summed E-state index contributed by atoms with van der Waals surface area (Å²) in [5.41, 5.74) is 1.52. The number of hydrogen-bond acceptors (Lipinski definition) is 4. The summed E-state index contributed by atoms with van der Waals surface area (Å²) >= 11 is 0. The molecule has 0 aliphatic rings. The van der Waals surface area contributed by atoms with E-state index in [-0.39, 0.29) is 11.8 Å². The third kappa shape index (κ3) is 5.24. The maximum absolute atomic E-state index is 12.2. The molecule has 0 aliphatic heterocycles. The highest BCUT2D eigenvalue weighted by molar-refractivity contribution is 5.93. The number of carbonyl (C=O) groups is 2. The highest BCUT2D eigenvalue weighted by Crippen LogP contribution is 2.18. The zero-order valence-corrected chi connectivity index (χ0v) is 15.5. The maximum Gasteiger partial charge on any atom is 0.261 e. The Morgan fingerprint density at radius 1 is 1.00 bits per heavy atom. The van der Waals surface area contributed by atoms with Crippen LogP contribution in [-0.4, -0.2) is 44.0 Å². The Morgan fingerprint density at radius 3 is 2.12 bits per heavy atom. The molecule has 1 N–H and O–H groups in total. The average Bonchev–Trinajstić information content (AvgIpc) is 2.66. The fourth-order valence-corrected chi connectivity index (χ4v) is 2.27. The minimum Gasteiger partial charge on any atom is -0.497 e. The Balaban J connectivity index is 1.86. The molecule has 0 saturated heterocycles. The van der Waals surface area contributed by atoms with E-state index in [1.165, 1.54) is 4.90 Å². The highest BCUT2D eigenvalue weighted by atomic mass is 16.5. The van der Waals surface area contributed by atoms with Crippen molar-refractivity contribution >= 4 is 11.8 Å². The van der Waals surface area contributed by atoms with E-state index < -0.39 is 6.10 Å². The molecule has 0 fully saturated rings. The summed E-state index contributed by atoms with van der Waals surface area (Å²) in [7, 11) is 5.01. The van der Waals surface area contributed by atoms with Crippen LogP contribution < -0.4 is 14.8 Å². The molecule has 2 aromatic carbocycles. The van der Waals surface area contributed by atoms with Crippen LogP contribution in [-0.2, 0) is 11.3 Å². The number of nitrogens with one attached hydrogen (secondary N) is 1. The summed E-state index contributed by atoms with van der Waals surface area (Å²) in [6.07, 6.45) is -0.627. The predicted molar refractivity (Wildman–Crippen MR) is 99.4 cm³/mol. The quantitative estimate of drug-likeness (QED) is 0.828. The molecule has 0 spiro atoms. The number of hydrogen-bond donors (Lipinski definition) is 1. The van der Waals surface area contributed by atoms with Crippen LogP contribution in [0.15, 0.2) is 48.5 Å². The van der Waals surface area contributed by atoms with Crippen molar-refractivity contribution in [2.75, 3.05) is 21.2 Å². The number of ether oxygens (including phenoxy) is 2. The molecule has 6 heteroatoms. The summed E-state index contributed by atoms with van der Waals surface area (Å²) in [5.74, 6) is 1.06. The van der Waals surface area contributed by atoms with Crippen LogP contribution in [0, 0.1) is 0 Å². The van der Waals surface area contributed by atoms with E-state index in [2.05, 4.69) is 5.32 Å². The highest BCUT2D eigenvalue weighted by Gasteiger charge is 2.14. The lowest BCUT2D eigenvalue weighted by molar-refractivity contribution is -0.127. The first kappa shape index (κ1) is 19.3. The summed E-state index contributed by atoms with van der Waals surface area (Å²) in [6.45, 7) is 2.06. The van der Waals surface area contributed by atoms with E-state index in [9.17, 15) is 9.59 Å². The molecular weight excluding hydrogens is 332 g/mol. The van der Waals surface area contributed by atoms with Gasteiger partial charge in [-0.15, -0.1) is 0 Å². The normalized spacial score (nSPS) is 11.4. The number of carbonyl (C=O) groups excluding carboxylic acids is 2. The summed E-state index contributed by atoms with van der Waals surface area (Å²) in [4.78, 5) is 25.6. The molecule has 0 aromatic heterocycles. The molecule has 2 amide bonds. The molecule has 0 radical (unpaired) electrons. The van der Waals surface area contributed by atoms with Crippen LogP contribution in [0.2, 0.25) is 0 Å². The van der Waals surface area contributed by atoms with Crippen LogP contribution >= 0.6 is 0 Å². The number of nitrogens with zero attached hydrogens (tertiary/aromatic N) is 1. The molecule has 6 nitrogen and oxygen atoms in total. The zero-order chi connectivity index (χ0) is 19.1. The SMILES string of the molecule is COc1ccc(OC(C)C(=O)NCc2ccc(C(=O)N(C)C)cc2)cc1. The molecule has 0 saturated carbocycles. The molecular formula is C20H24N2O4. The van der Waals surface area contributed by atoms with Crippen molar-refractivity contribution in [1.82, 2.24) is 10.2 Å². The lowest BCUT2D eigenvalue weighted by Gasteiger charge is -2.15. The van der Waals surface area contributed by atoms with Gasteiger partial charge in [0.2, 0.25) is 0 Å². The van der Waals surface area contributed by atoms with Gasteiger partial charge in [-0.2, -0.15) is 0 Å². The number of methoxy groups -OCH3 is 1. The smallest absolute Gasteiger partial charge is 0.261 e. The molecule has 0 aliphatic carbocycles. The van der Waals surface area contributed by atoms with Gasteiger partial charge in [0.1, 0.15) is 11.5 Å². The molecule has 2 rings (SSSR count). The van der Waals surface area contributed by atoms with Gasteiger partial charge < -0.3 is 19.7 Å². The van der Waals surface area contributed by atoms with E-state index in [0.29, 0.717) is 17.9 Å². The van der Waals surface area contributed by atoms with Crippen LogP contribution in [0.5, 0.6) is 11.5 Å². The Bertz CT molecular complexity index is 739. The van der Waals surface area contributed by atoms with Crippen LogP contribution in [0.25, 0.3) is 0 Å². The second-order valence-corrected chi connectivity index (χ2v) is 6.05. The Labute approximate surface area is 153 Å². The molecule has 1 unspecified atom stereocenters. The minimum absolute atomic E-state index is 0.0536. The molecule has 0 bridgehead atoms. The molecule has 0 heterocycles. The largest absolute Gasteiger partial charge is 0.497 e. The van der Waals surface area contributed by atoms with Gasteiger partial charge in [-0.05, 0) is 48.9 Å². The molecule has 138 valence electrons. The van der Waals surface area contributed by atoms with E-state index in [1.807, 2.05) is 12.1 Å². The monoisotopic (exact) mass is 356 g/mol. The third-order valence-corrected chi connectivity index (χ3v) is 3.82. The number of benzene rings is 2. The van der Waals surface area contributed by atoms with Crippen LogP contribution in [0.4, 0.5) is 0 Å². The maximum atomic E-state index is 12.2. The molecule has 1 atom stereocenters. The third-order valence-electron chi connectivity index (χ3n) is 3.82. The standard InChI is InChI=1S/C20H24N2O4/c1-14(26-18-11-9-17(25-4)10-12-18)19(23)21-13-15-5-7-16(8-6-15)20(24)22(2)3/h5-12,14H,13H2,1-4H3,(H,21,23). The zero-order valence-electron chi connectivity index (χ0n) is 15.5. The van der Waals surface area contributed by atoms with Gasteiger partial charge in [0.15, 0.2) is 6.10 Å². The van der Waals surface area contributed by atoms with Crippen molar-refractivity contribution in [3.05, 3.63) is 59.7 Å². The van der Waals surface area contributed by atoms with Crippen molar-refractivity contribution in [1.29, 1.82) is 0 Å². The number of rotatable bonds is 7. The van der Waals surface area contributed by atoms with E-state index >= 15 is 0 Å². The van der Waals surface area contributed by atoms with Gasteiger partial charge >= 0.3 is 0 Å². The summed E-state index contributed by atoms with van der Waals surface area (Å²) in [6, 6.07) is 14.2. The van der Waals surface area contributed by atoms with Gasteiger partial charge in [0, 0.05) is 26.2 Å². The summed E-state index contributed by atoms with van der Waals surface area (Å²) < 4.78 is 10.7. The lowest BCUT2D eigenvalue weighted by Crippen LogP contribution is -2.35. The van der Waals surface area contributed by atoms with Crippen molar-refractivity contribution in [3.63, 3.8) is 0 Å². The fourth-order valence-electron chi connectivity index (χ4n) is 2.27. The van der Waals surface area contributed by atoms with Crippen molar-refractivity contribution < 1.29 is 19.1 Å². The average molecular weight is 356 g/mol. The summed E-state index contributed by atoms with van der Waals surface area (Å²) in [5, 5.41) is 2.83. The van der Waals surface area contributed by atoms with Gasteiger partial charge in [-0.3, -0.25) is 9.59 Å².